The first-order chi connectivity index (χ1) is 15.2. The Kier molecular flexibility index (Phi) is 5.64. The molecule has 0 N–H and O–H groups in total. The van der Waals surface area contributed by atoms with Gasteiger partial charge in [-0.15, -0.1) is 0 Å². The topological polar surface area (TPSA) is 56.6 Å². The van der Waals surface area contributed by atoms with Crippen LogP contribution < -0.4 is 15.0 Å². The second-order valence-corrected chi connectivity index (χ2v) is 8.54. The van der Waals surface area contributed by atoms with Gasteiger partial charge in [0, 0.05) is 43.9 Å². The van der Waals surface area contributed by atoms with Crippen LogP contribution in [0.4, 0.5) is 0 Å². The lowest BCUT2D eigenvalue weighted by Gasteiger charge is -2.36. The third kappa shape index (κ3) is 4.17. The number of aromatic nitrogens is 2. The number of fused-ring (bicyclic) bond motifs is 2. The Balaban J connectivity index is 1.32. The number of hydrogen-bond acceptors (Lipinski definition) is 5. The van der Waals surface area contributed by atoms with Gasteiger partial charge in [-0.05, 0) is 42.8 Å². The number of benzene rings is 1. The fraction of sp³-hybridized carbons (Fsp3) is 0.440. The molecule has 0 aliphatic carbocycles. The number of rotatable bonds is 5. The van der Waals surface area contributed by atoms with E-state index in [1.165, 1.54) is 24.8 Å². The predicted molar refractivity (Wildman–Crippen MR) is 121 cm³/mol. The number of pyridine rings is 2. The summed E-state index contributed by atoms with van der Waals surface area (Å²) in [6, 6.07) is 12.4. The number of ether oxygens (including phenoxy) is 2. The summed E-state index contributed by atoms with van der Waals surface area (Å²) in [5.41, 5.74) is 3.39. The first-order valence-electron chi connectivity index (χ1n) is 11.3. The minimum absolute atomic E-state index is 0.0421. The molecule has 2 aromatic heterocycles. The van der Waals surface area contributed by atoms with E-state index in [0.717, 1.165) is 54.0 Å². The van der Waals surface area contributed by atoms with E-state index in [-0.39, 0.29) is 5.56 Å². The zero-order chi connectivity index (χ0) is 21.2. The minimum Gasteiger partial charge on any atom is -0.486 e. The molecule has 1 unspecified atom stereocenters. The first-order valence-corrected chi connectivity index (χ1v) is 11.3. The van der Waals surface area contributed by atoms with Gasteiger partial charge in [0.1, 0.15) is 13.2 Å². The van der Waals surface area contributed by atoms with Gasteiger partial charge in [-0.25, -0.2) is 0 Å². The average Bonchev–Trinajstić information content (AvgIpc) is 2.81. The molecular formula is C25H29N3O3. The summed E-state index contributed by atoms with van der Waals surface area (Å²) in [7, 11) is 1.87. The van der Waals surface area contributed by atoms with Crippen molar-refractivity contribution < 1.29 is 9.47 Å². The molecule has 162 valence electrons. The molecule has 0 amide bonds. The van der Waals surface area contributed by atoms with Crippen LogP contribution in [0.1, 0.15) is 30.5 Å². The molecule has 0 bridgehead atoms. The molecule has 2 aliphatic heterocycles. The largest absolute Gasteiger partial charge is 0.486 e. The molecule has 0 saturated carbocycles. The smallest absolute Gasteiger partial charge is 0.250 e. The van der Waals surface area contributed by atoms with E-state index >= 15 is 0 Å². The maximum Gasteiger partial charge on any atom is 0.250 e. The van der Waals surface area contributed by atoms with Gasteiger partial charge >= 0.3 is 0 Å². The average molecular weight is 420 g/mol. The first kappa shape index (κ1) is 20.1. The van der Waals surface area contributed by atoms with E-state index in [4.69, 9.17) is 9.47 Å². The normalized spacial score (nSPS) is 18.9. The Labute approximate surface area is 182 Å². The monoisotopic (exact) mass is 419 g/mol. The number of para-hydroxylation sites is 1. The van der Waals surface area contributed by atoms with E-state index in [9.17, 15) is 4.79 Å². The Hall–Kier alpha value is -2.86. The molecule has 4 heterocycles. The SMILES string of the molecule is Cn1c(=O)ccc2cccc(CCN3CCCCC3Cc3cc4c(cn3)OCCO4)c21. The molecule has 1 saturated heterocycles. The van der Waals surface area contributed by atoms with Crippen molar-refractivity contribution in [3.8, 4) is 11.5 Å². The third-order valence-corrected chi connectivity index (χ3v) is 6.57. The van der Waals surface area contributed by atoms with Crippen LogP contribution in [0.2, 0.25) is 0 Å². The van der Waals surface area contributed by atoms with Crippen molar-refractivity contribution in [2.75, 3.05) is 26.3 Å². The summed E-state index contributed by atoms with van der Waals surface area (Å²) in [4.78, 5) is 19.4. The molecule has 1 fully saturated rings. The van der Waals surface area contributed by atoms with Crippen molar-refractivity contribution >= 4 is 10.9 Å². The lowest BCUT2D eigenvalue weighted by Crippen LogP contribution is -2.42. The second-order valence-electron chi connectivity index (χ2n) is 8.54. The van der Waals surface area contributed by atoms with Crippen LogP contribution in [-0.4, -0.2) is 46.8 Å². The van der Waals surface area contributed by atoms with Gasteiger partial charge in [0.2, 0.25) is 0 Å². The third-order valence-electron chi connectivity index (χ3n) is 6.57. The number of hydrogen-bond donors (Lipinski definition) is 0. The van der Waals surface area contributed by atoms with Crippen molar-refractivity contribution in [3.63, 3.8) is 0 Å². The zero-order valence-electron chi connectivity index (χ0n) is 18.0. The van der Waals surface area contributed by atoms with Gasteiger partial charge in [0.05, 0.1) is 11.7 Å². The van der Waals surface area contributed by atoms with Crippen molar-refractivity contribution in [2.24, 2.45) is 7.05 Å². The maximum absolute atomic E-state index is 12.2. The zero-order valence-corrected chi connectivity index (χ0v) is 18.0. The molecule has 6 nitrogen and oxygen atoms in total. The van der Waals surface area contributed by atoms with Crippen molar-refractivity contribution in [2.45, 2.75) is 38.1 Å². The Bertz CT molecular complexity index is 1140. The van der Waals surface area contributed by atoms with Crippen molar-refractivity contribution in [1.29, 1.82) is 0 Å². The van der Waals surface area contributed by atoms with Crippen LogP contribution >= 0.6 is 0 Å². The van der Waals surface area contributed by atoms with E-state index in [2.05, 4.69) is 28.1 Å². The molecule has 0 radical (unpaired) electrons. The Morgan fingerprint density at radius 2 is 1.97 bits per heavy atom. The number of piperidine rings is 1. The van der Waals surface area contributed by atoms with Gasteiger partial charge in [0.25, 0.3) is 5.56 Å². The number of nitrogens with zero attached hydrogens (tertiary/aromatic N) is 3. The van der Waals surface area contributed by atoms with Gasteiger partial charge in [-0.3, -0.25) is 14.7 Å². The summed E-state index contributed by atoms with van der Waals surface area (Å²) >= 11 is 0. The summed E-state index contributed by atoms with van der Waals surface area (Å²) in [5, 5.41) is 1.12. The van der Waals surface area contributed by atoms with Gasteiger partial charge in [-0.2, -0.15) is 0 Å². The highest BCUT2D eigenvalue weighted by Gasteiger charge is 2.24. The molecule has 2 aliphatic rings. The summed E-state index contributed by atoms with van der Waals surface area (Å²) in [6.45, 7) is 3.28. The lowest BCUT2D eigenvalue weighted by atomic mass is 9.96. The molecule has 1 atom stereocenters. The van der Waals surface area contributed by atoms with E-state index < -0.39 is 0 Å². The maximum atomic E-state index is 12.2. The quantitative estimate of drug-likeness (QED) is 0.635. The van der Waals surface area contributed by atoms with Crippen LogP contribution in [0.5, 0.6) is 11.5 Å². The predicted octanol–water partition coefficient (Wildman–Crippen LogP) is 3.34. The molecule has 5 rings (SSSR count). The standard InChI is InChI=1S/C25H29N3O3/c1-27-24(29)9-8-18-5-4-6-19(25(18)27)10-12-28-11-3-2-7-21(28)15-20-16-22-23(17-26-20)31-14-13-30-22/h4-6,8-9,16-17,21H,2-3,7,10-15H2,1H3. The van der Waals surface area contributed by atoms with Crippen LogP contribution in [0.25, 0.3) is 10.9 Å². The fourth-order valence-corrected chi connectivity index (χ4v) is 4.93. The summed E-state index contributed by atoms with van der Waals surface area (Å²) in [6.07, 6.45) is 7.33. The summed E-state index contributed by atoms with van der Waals surface area (Å²) < 4.78 is 13.1. The van der Waals surface area contributed by atoms with E-state index in [0.29, 0.717) is 19.3 Å². The lowest BCUT2D eigenvalue weighted by molar-refractivity contribution is 0.147. The van der Waals surface area contributed by atoms with Gasteiger partial charge in [0.15, 0.2) is 11.5 Å². The summed E-state index contributed by atoms with van der Waals surface area (Å²) in [5.74, 6) is 1.56. The Morgan fingerprint density at radius 3 is 2.87 bits per heavy atom. The van der Waals surface area contributed by atoms with Crippen LogP contribution in [0.3, 0.4) is 0 Å². The van der Waals surface area contributed by atoms with Crippen molar-refractivity contribution in [1.82, 2.24) is 14.5 Å². The van der Waals surface area contributed by atoms with Crippen LogP contribution in [0.15, 0.2) is 47.4 Å². The fourth-order valence-electron chi connectivity index (χ4n) is 4.93. The number of likely N-dealkylation sites (tertiary alicyclic amines) is 1. The highest BCUT2D eigenvalue weighted by Crippen LogP contribution is 2.31. The van der Waals surface area contributed by atoms with Gasteiger partial charge in [-0.1, -0.05) is 24.6 Å². The number of aryl methyl sites for hydroxylation is 1. The molecule has 31 heavy (non-hydrogen) atoms. The highest BCUT2D eigenvalue weighted by molar-refractivity contribution is 5.82. The van der Waals surface area contributed by atoms with Crippen LogP contribution in [0, 0.1) is 0 Å². The van der Waals surface area contributed by atoms with Gasteiger partial charge < -0.3 is 14.0 Å². The van der Waals surface area contributed by atoms with E-state index in [1.54, 1.807) is 16.8 Å². The van der Waals surface area contributed by atoms with Crippen molar-refractivity contribution in [3.05, 3.63) is 64.2 Å². The Morgan fingerprint density at radius 1 is 1.10 bits per heavy atom. The second kappa shape index (κ2) is 8.71. The molecule has 1 aromatic carbocycles. The van der Waals surface area contributed by atoms with Crippen LogP contribution in [-0.2, 0) is 19.9 Å². The molecule has 6 heteroatoms. The molecule has 0 spiro atoms. The minimum atomic E-state index is 0.0421. The molecular weight excluding hydrogens is 390 g/mol. The highest BCUT2D eigenvalue weighted by atomic mass is 16.6. The molecule has 3 aromatic rings. The van der Waals surface area contributed by atoms with E-state index in [1.807, 2.05) is 19.2 Å².